The molecule has 1 fully saturated rings. The number of rotatable bonds is 6. The lowest BCUT2D eigenvalue weighted by molar-refractivity contribution is -0.192. The van der Waals surface area contributed by atoms with Crippen molar-refractivity contribution in [1.82, 2.24) is 5.32 Å². The topological polar surface area (TPSA) is 80.1 Å². The number of halogens is 3. The predicted octanol–water partition coefficient (Wildman–Crippen LogP) is 4.86. The van der Waals surface area contributed by atoms with Gasteiger partial charge in [0.2, 0.25) is 0 Å². The number of hydrogen-bond acceptors (Lipinski definition) is 5. The Morgan fingerprint density at radius 2 is 1.76 bits per heavy atom. The van der Waals surface area contributed by atoms with Gasteiger partial charge in [0.1, 0.15) is 18.5 Å². The standard InChI is InChI=1S/C23H28N2O2.C2HF3O2/c1-23(19-12-6-3-7-13-19)22(18-10-4-2-5-11-18)24-21(25-23)17-26-16-20-14-8-9-15-27-20;3-2(4,5)1(6)7/h2-7,10-13,20,22H,8-9,14-17H2,1H3,(H,24,25);(H,6,7)/t20?,22-,23+;/m1./s1. The van der Waals surface area contributed by atoms with Crippen LogP contribution in [0.1, 0.15) is 43.4 Å². The molecule has 3 atom stereocenters. The first kappa shape index (κ1) is 25.7. The van der Waals surface area contributed by atoms with Crippen LogP contribution in [0.3, 0.4) is 0 Å². The van der Waals surface area contributed by atoms with Crippen LogP contribution in [-0.4, -0.2) is 49.0 Å². The highest BCUT2D eigenvalue weighted by atomic mass is 19.4. The van der Waals surface area contributed by atoms with Crippen molar-refractivity contribution in [3.8, 4) is 0 Å². The lowest BCUT2D eigenvalue weighted by atomic mass is 9.82. The molecule has 2 aromatic carbocycles. The number of carboxylic acids is 1. The molecular weight excluding hydrogens is 449 g/mol. The summed E-state index contributed by atoms with van der Waals surface area (Å²) in [5, 5.41) is 10.8. The number of amidine groups is 1. The molecule has 0 radical (unpaired) electrons. The minimum absolute atomic E-state index is 0.0191. The molecule has 1 saturated heterocycles. The van der Waals surface area contributed by atoms with E-state index in [4.69, 9.17) is 24.4 Å². The normalized spacial score (nSPS) is 24.4. The third kappa shape index (κ3) is 6.80. The molecule has 6 nitrogen and oxygen atoms in total. The third-order valence-corrected chi connectivity index (χ3v) is 5.78. The zero-order valence-corrected chi connectivity index (χ0v) is 18.9. The number of carbonyl (C=O) groups is 1. The van der Waals surface area contributed by atoms with E-state index < -0.39 is 12.1 Å². The van der Waals surface area contributed by atoms with Gasteiger partial charge < -0.3 is 19.9 Å². The molecule has 0 aromatic heterocycles. The van der Waals surface area contributed by atoms with Gasteiger partial charge in [-0.05, 0) is 37.3 Å². The summed E-state index contributed by atoms with van der Waals surface area (Å²) in [4.78, 5) is 13.9. The molecule has 0 amide bonds. The van der Waals surface area contributed by atoms with Gasteiger partial charge in [-0.2, -0.15) is 13.2 Å². The quantitative estimate of drug-likeness (QED) is 0.620. The van der Waals surface area contributed by atoms with Crippen molar-refractivity contribution in [2.45, 2.75) is 50.0 Å². The molecular formula is C25H29F3N2O4. The fourth-order valence-electron chi connectivity index (χ4n) is 4.04. The third-order valence-electron chi connectivity index (χ3n) is 5.78. The maximum atomic E-state index is 10.6. The lowest BCUT2D eigenvalue weighted by Gasteiger charge is -2.32. The van der Waals surface area contributed by atoms with Gasteiger partial charge in [-0.3, -0.25) is 4.99 Å². The van der Waals surface area contributed by atoms with E-state index in [9.17, 15) is 13.2 Å². The van der Waals surface area contributed by atoms with Crippen molar-refractivity contribution in [2.75, 3.05) is 19.8 Å². The second-order valence-corrected chi connectivity index (χ2v) is 8.39. The summed E-state index contributed by atoms with van der Waals surface area (Å²) >= 11 is 0. The van der Waals surface area contributed by atoms with Gasteiger partial charge in [-0.1, -0.05) is 60.7 Å². The van der Waals surface area contributed by atoms with E-state index in [-0.39, 0.29) is 17.7 Å². The average Bonchev–Trinajstić information content (AvgIpc) is 3.18. The Morgan fingerprint density at radius 1 is 1.15 bits per heavy atom. The first-order valence-electron chi connectivity index (χ1n) is 11.1. The Morgan fingerprint density at radius 3 is 2.32 bits per heavy atom. The number of carboxylic acid groups (broad SMARTS) is 1. The molecule has 2 aromatic rings. The molecule has 2 N–H and O–H groups in total. The zero-order valence-electron chi connectivity index (χ0n) is 18.9. The van der Waals surface area contributed by atoms with E-state index in [2.05, 4.69) is 60.8 Å². The van der Waals surface area contributed by atoms with Crippen LogP contribution in [0.2, 0.25) is 0 Å². The van der Waals surface area contributed by atoms with Gasteiger partial charge in [0.05, 0.1) is 18.2 Å². The number of nitrogens with one attached hydrogen (secondary N) is 1. The Bertz CT molecular complexity index is 948. The number of hydrogen-bond donors (Lipinski definition) is 2. The molecule has 2 aliphatic heterocycles. The predicted molar refractivity (Wildman–Crippen MR) is 122 cm³/mol. The molecule has 34 heavy (non-hydrogen) atoms. The molecule has 184 valence electrons. The van der Waals surface area contributed by atoms with Crippen LogP contribution in [0.4, 0.5) is 13.2 Å². The van der Waals surface area contributed by atoms with Crippen molar-refractivity contribution in [1.29, 1.82) is 0 Å². The number of nitrogens with zero attached hydrogens (tertiary/aromatic N) is 1. The summed E-state index contributed by atoms with van der Waals surface area (Å²) in [5.41, 5.74) is 2.15. The zero-order chi connectivity index (χ0) is 24.6. The van der Waals surface area contributed by atoms with E-state index in [1.54, 1.807) is 0 Å². The smallest absolute Gasteiger partial charge is 0.475 e. The van der Waals surface area contributed by atoms with Crippen LogP contribution < -0.4 is 5.32 Å². The highest BCUT2D eigenvalue weighted by molar-refractivity contribution is 5.87. The summed E-state index contributed by atoms with van der Waals surface area (Å²) in [6.07, 6.45) is -1.37. The second-order valence-electron chi connectivity index (χ2n) is 8.39. The SMILES string of the molecule is C[C@@]1(c2ccccc2)NC(COCC2CCCCO2)=N[C@@H]1c1ccccc1.O=C(O)C(F)(F)F. The number of alkyl halides is 3. The second kappa shape index (κ2) is 11.5. The summed E-state index contributed by atoms with van der Waals surface area (Å²) < 4.78 is 43.4. The maximum Gasteiger partial charge on any atom is 0.490 e. The van der Waals surface area contributed by atoms with Crippen molar-refractivity contribution in [2.24, 2.45) is 4.99 Å². The molecule has 0 bridgehead atoms. The molecule has 2 heterocycles. The first-order valence-corrected chi connectivity index (χ1v) is 11.1. The summed E-state index contributed by atoms with van der Waals surface area (Å²) in [5.74, 6) is -1.85. The number of aliphatic imine (C=N–C) groups is 1. The Kier molecular flexibility index (Phi) is 8.68. The molecule has 2 aliphatic rings. The van der Waals surface area contributed by atoms with Crippen molar-refractivity contribution >= 4 is 11.8 Å². The molecule has 9 heteroatoms. The molecule has 4 rings (SSSR count). The first-order chi connectivity index (χ1) is 16.2. The fourth-order valence-corrected chi connectivity index (χ4v) is 4.04. The van der Waals surface area contributed by atoms with E-state index >= 15 is 0 Å². The number of aliphatic carboxylic acids is 1. The highest BCUT2D eigenvalue weighted by Crippen LogP contribution is 2.41. The lowest BCUT2D eigenvalue weighted by Crippen LogP contribution is -2.43. The van der Waals surface area contributed by atoms with Crippen LogP contribution in [0.15, 0.2) is 65.7 Å². The van der Waals surface area contributed by atoms with Crippen molar-refractivity contribution in [3.63, 3.8) is 0 Å². The summed E-state index contributed by atoms with van der Waals surface area (Å²) in [7, 11) is 0. The molecule has 0 saturated carbocycles. The van der Waals surface area contributed by atoms with Crippen LogP contribution in [0.5, 0.6) is 0 Å². The van der Waals surface area contributed by atoms with Crippen LogP contribution in [0, 0.1) is 0 Å². The fraction of sp³-hybridized carbons (Fsp3) is 0.440. The van der Waals surface area contributed by atoms with Gasteiger partial charge in [0, 0.05) is 6.61 Å². The number of ether oxygens (including phenoxy) is 2. The van der Waals surface area contributed by atoms with Gasteiger partial charge in [0.15, 0.2) is 0 Å². The Hall–Kier alpha value is -2.91. The van der Waals surface area contributed by atoms with E-state index in [0.29, 0.717) is 13.2 Å². The van der Waals surface area contributed by atoms with Crippen LogP contribution in [0.25, 0.3) is 0 Å². The maximum absolute atomic E-state index is 10.6. The van der Waals surface area contributed by atoms with Crippen LogP contribution >= 0.6 is 0 Å². The Balaban J connectivity index is 0.000000406. The number of benzene rings is 2. The van der Waals surface area contributed by atoms with E-state index in [0.717, 1.165) is 18.9 Å². The molecule has 0 aliphatic carbocycles. The largest absolute Gasteiger partial charge is 0.490 e. The van der Waals surface area contributed by atoms with E-state index in [1.165, 1.54) is 24.0 Å². The van der Waals surface area contributed by atoms with Crippen molar-refractivity contribution in [3.05, 3.63) is 71.8 Å². The van der Waals surface area contributed by atoms with E-state index in [1.807, 2.05) is 12.1 Å². The Labute approximate surface area is 196 Å². The highest BCUT2D eigenvalue weighted by Gasteiger charge is 2.42. The molecule has 1 unspecified atom stereocenters. The van der Waals surface area contributed by atoms with Gasteiger partial charge >= 0.3 is 12.1 Å². The van der Waals surface area contributed by atoms with Gasteiger partial charge in [-0.15, -0.1) is 0 Å². The monoisotopic (exact) mass is 478 g/mol. The molecule has 0 spiro atoms. The summed E-state index contributed by atoms with van der Waals surface area (Å²) in [6.45, 7) is 4.21. The van der Waals surface area contributed by atoms with Crippen molar-refractivity contribution < 1.29 is 32.5 Å². The average molecular weight is 479 g/mol. The van der Waals surface area contributed by atoms with Crippen LogP contribution in [-0.2, 0) is 19.8 Å². The summed E-state index contributed by atoms with van der Waals surface area (Å²) in [6, 6.07) is 21.1. The van der Waals surface area contributed by atoms with Gasteiger partial charge in [0.25, 0.3) is 0 Å². The minimum atomic E-state index is -5.08. The van der Waals surface area contributed by atoms with Gasteiger partial charge in [-0.25, -0.2) is 4.79 Å². The minimum Gasteiger partial charge on any atom is -0.475 e.